The third-order valence-electron chi connectivity index (χ3n) is 2.78. The zero-order chi connectivity index (χ0) is 11.8. The number of β-amino-alcohol motifs (C(OH)–C–C–N with tert-alkyl or cyclic N) is 1. The molecule has 0 radical (unpaired) electrons. The number of methoxy groups -OCH3 is 2. The van der Waals surface area contributed by atoms with Gasteiger partial charge in [-0.1, -0.05) is 11.6 Å². The van der Waals surface area contributed by atoms with E-state index in [0.29, 0.717) is 35.2 Å². The minimum Gasteiger partial charge on any atom is -0.493 e. The van der Waals surface area contributed by atoms with Gasteiger partial charge in [-0.15, -0.1) is 0 Å². The molecule has 2 rings (SSSR count). The molecule has 1 saturated heterocycles. The highest BCUT2D eigenvalue weighted by Crippen LogP contribution is 2.41. The van der Waals surface area contributed by atoms with Crippen LogP contribution in [-0.4, -0.2) is 32.4 Å². The van der Waals surface area contributed by atoms with Crippen molar-refractivity contribution in [2.75, 3.05) is 27.3 Å². The minimum absolute atomic E-state index is 0.493. The average Bonchev–Trinajstić information content (AvgIpc) is 2.24. The van der Waals surface area contributed by atoms with Crippen molar-refractivity contribution in [3.8, 4) is 11.5 Å². The van der Waals surface area contributed by atoms with E-state index in [1.165, 1.54) is 0 Å². The molecule has 1 aliphatic heterocycles. The van der Waals surface area contributed by atoms with E-state index in [2.05, 4.69) is 5.32 Å². The third-order valence-corrected chi connectivity index (χ3v) is 3.00. The molecule has 1 aromatic rings. The highest BCUT2D eigenvalue weighted by Gasteiger charge is 2.39. The zero-order valence-electron chi connectivity index (χ0n) is 9.21. The molecule has 1 aliphatic rings. The van der Waals surface area contributed by atoms with Gasteiger partial charge in [0.05, 0.1) is 14.2 Å². The molecule has 0 aliphatic carbocycles. The summed E-state index contributed by atoms with van der Waals surface area (Å²) in [6.45, 7) is 0.986. The Balaban J connectivity index is 2.53. The zero-order valence-corrected chi connectivity index (χ0v) is 9.97. The van der Waals surface area contributed by atoms with Gasteiger partial charge in [0.15, 0.2) is 11.5 Å². The number of rotatable bonds is 3. The predicted molar refractivity (Wildman–Crippen MR) is 61.3 cm³/mol. The van der Waals surface area contributed by atoms with E-state index < -0.39 is 5.60 Å². The smallest absolute Gasteiger partial charge is 0.166 e. The Labute approximate surface area is 99.1 Å². The van der Waals surface area contributed by atoms with E-state index in [0.717, 1.165) is 0 Å². The van der Waals surface area contributed by atoms with Crippen molar-refractivity contribution in [2.45, 2.75) is 5.60 Å². The number of halogens is 1. The number of hydrogen-bond acceptors (Lipinski definition) is 4. The molecule has 0 amide bonds. The number of ether oxygens (including phenoxy) is 2. The summed E-state index contributed by atoms with van der Waals surface area (Å²) in [6, 6.07) is 3.38. The van der Waals surface area contributed by atoms with Crippen molar-refractivity contribution in [1.82, 2.24) is 5.32 Å². The first-order valence-corrected chi connectivity index (χ1v) is 5.33. The highest BCUT2D eigenvalue weighted by atomic mass is 35.5. The summed E-state index contributed by atoms with van der Waals surface area (Å²) in [5.41, 5.74) is -0.248. The molecule has 4 nitrogen and oxygen atoms in total. The van der Waals surface area contributed by atoms with Crippen LogP contribution in [0, 0.1) is 0 Å². The van der Waals surface area contributed by atoms with Crippen molar-refractivity contribution < 1.29 is 14.6 Å². The van der Waals surface area contributed by atoms with Crippen LogP contribution < -0.4 is 14.8 Å². The molecular formula is C11H14ClNO3. The minimum atomic E-state index is -0.913. The quantitative estimate of drug-likeness (QED) is 0.836. The largest absolute Gasteiger partial charge is 0.493 e. The maximum Gasteiger partial charge on any atom is 0.166 e. The fraction of sp³-hybridized carbons (Fsp3) is 0.455. The second-order valence-corrected chi connectivity index (χ2v) is 4.26. The molecular weight excluding hydrogens is 230 g/mol. The average molecular weight is 244 g/mol. The lowest BCUT2D eigenvalue weighted by Gasteiger charge is -2.39. The first-order chi connectivity index (χ1) is 7.60. The van der Waals surface area contributed by atoms with E-state index in [4.69, 9.17) is 21.1 Å². The molecule has 0 unspecified atom stereocenters. The number of aliphatic hydroxyl groups is 1. The van der Waals surface area contributed by atoms with E-state index in [1.54, 1.807) is 26.4 Å². The van der Waals surface area contributed by atoms with Crippen LogP contribution in [0.4, 0.5) is 0 Å². The van der Waals surface area contributed by atoms with E-state index in [-0.39, 0.29) is 0 Å². The van der Waals surface area contributed by atoms with Gasteiger partial charge in [0, 0.05) is 29.7 Å². The molecule has 0 atom stereocenters. The maximum atomic E-state index is 10.3. The number of benzene rings is 1. The monoisotopic (exact) mass is 243 g/mol. The lowest BCUT2D eigenvalue weighted by molar-refractivity contribution is -0.0167. The molecule has 0 spiro atoms. The van der Waals surface area contributed by atoms with Gasteiger partial charge in [0.2, 0.25) is 0 Å². The van der Waals surface area contributed by atoms with Gasteiger partial charge in [-0.25, -0.2) is 0 Å². The molecule has 2 N–H and O–H groups in total. The van der Waals surface area contributed by atoms with Gasteiger partial charge in [0.1, 0.15) is 5.60 Å². The fourth-order valence-corrected chi connectivity index (χ4v) is 2.04. The number of hydrogen-bond donors (Lipinski definition) is 2. The van der Waals surface area contributed by atoms with E-state index in [9.17, 15) is 5.11 Å². The molecule has 1 heterocycles. The Hall–Kier alpha value is -0.970. The summed E-state index contributed by atoms with van der Waals surface area (Å²) in [5, 5.41) is 13.8. The van der Waals surface area contributed by atoms with Crippen molar-refractivity contribution in [3.05, 3.63) is 22.7 Å². The van der Waals surface area contributed by atoms with Gasteiger partial charge in [0.25, 0.3) is 0 Å². The van der Waals surface area contributed by atoms with Crippen molar-refractivity contribution in [3.63, 3.8) is 0 Å². The molecule has 0 saturated carbocycles. The topological polar surface area (TPSA) is 50.7 Å². The Morgan fingerprint density at radius 1 is 1.31 bits per heavy atom. The second kappa shape index (κ2) is 4.13. The van der Waals surface area contributed by atoms with Crippen LogP contribution in [0.2, 0.25) is 5.02 Å². The summed E-state index contributed by atoms with van der Waals surface area (Å²) in [6.07, 6.45) is 0. The Kier molecular flexibility index (Phi) is 2.97. The van der Waals surface area contributed by atoms with Gasteiger partial charge in [-0.05, 0) is 6.07 Å². The predicted octanol–water partition coefficient (Wildman–Crippen LogP) is 1.15. The molecule has 1 aromatic carbocycles. The Morgan fingerprint density at radius 2 is 2.00 bits per heavy atom. The van der Waals surface area contributed by atoms with Crippen LogP contribution >= 0.6 is 11.6 Å². The lowest BCUT2D eigenvalue weighted by Crippen LogP contribution is -2.56. The van der Waals surface area contributed by atoms with E-state index >= 15 is 0 Å². The number of nitrogens with one attached hydrogen (secondary N) is 1. The van der Waals surface area contributed by atoms with Crippen molar-refractivity contribution in [1.29, 1.82) is 0 Å². The Morgan fingerprint density at radius 3 is 2.44 bits per heavy atom. The van der Waals surface area contributed by atoms with Crippen molar-refractivity contribution >= 4 is 11.6 Å². The van der Waals surface area contributed by atoms with E-state index in [1.807, 2.05) is 0 Å². The van der Waals surface area contributed by atoms with Crippen molar-refractivity contribution in [2.24, 2.45) is 0 Å². The molecule has 1 fully saturated rings. The van der Waals surface area contributed by atoms with Crippen LogP contribution in [0.5, 0.6) is 11.5 Å². The molecule has 0 bridgehead atoms. The van der Waals surface area contributed by atoms with Crippen LogP contribution in [0.1, 0.15) is 5.56 Å². The highest BCUT2D eigenvalue weighted by molar-refractivity contribution is 6.30. The second-order valence-electron chi connectivity index (χ2n) is 3.82. The molecule has 5 heteroatoms. The molecule has 88 valence electrons. The normalized spacial score (nSPS) is 17.8. The summed E-state index contributed by atoms with van der Waals surface area (Å²) in [5.74, 6) is 1.07. The SMILES string of the molecule is COc1cc(Cl)cc(C2(O)CNC2)c1OC. The van der Waals surface area contributed by atoms with Gasteiger partial charge >= 0.3 is 0 Å². The lowest BCUT2D eigenvalue weighted by atomic mass is 9.87. The van der Waals surface area contributed by atoms with Gasteiger partial charge in [-0.2, -0.15) is 0 Å². The van der Waals surface area contributed by atoms with Gasteiger partial charge in [-0.3, -0.25) is 0 Å². The third kappa shape index (κ3) is 1.73. The first kappa shape index (κ1) is 11.5. The van der Waals surface area contributed by atoms with Crippen LogP contribution in [-0.2, 0) is 5.60 Å². The van der Waals surface area contributed by atoms with Crippen LogP contribution in [0.15, 0.2) is 12.1 Å². The van der Waals surface area contributed by atoms with Crippen LogP contribution in [0.3, 0.4) is 0 Å². The standard InChI is InChI=1S/C11H14ClNO3/c1-15-9-4-7(12)3-8(10(9)16-2)11(14)5-13-6-11/h3-4,13-14H,5-6H2,1-2H3. The summed E-state index contributed by atoms with van der Waals surface area (Å²) in [7, 11) is 3.09. The summed E-state index contributed by atoms with van der Waals surface area (Å²) < 4.78 is 10.5. The fourth-order valence-electron chi connectivity index (χ4n) is 1.83. The Bertz CT molecular complexity index is 404. The van der Waals surface area contributed by atoms with Gasteiger partial charge < -0.3 is 19.9 Å². The molecule has 16 heavy (non-hydrogen) atoms. The molecule has 0 aromatic heterocycles. The summed E-state index contributed by atoms with van der Waals surface area (Å²) in [4.78, 5) is 0. The van der Waals surface area contributed by atoms with Crippen LogP contribution in [0.25, 0.3) is 0 Å². The first-order valence-electron chi connectivity index (χ1n) is 4.96. The summed E-state index contributed by atoms with van der Waals surface area (Å²) >= 11 is 5.98. The maximum absolute atomic E-state index is 10.3.